The molecule has 0 aromatic heterocycles. The van der Waals surface area contributed by atoms with Crippen molar-refractivity contribution in [3.63, 3.8) is 0 Å². The summed E-state index contributed by atoms with van der Waals surface area (Å²) in [6.07, 6.45) is 0.985. The smallest absolute Gasteiger partial charge is 0.415 e. The number of carbonyl (C=O) groups is 1. The van der Waals surface area contributed by atoms with E-state index in [0.717, 1.165) is 54.8 Å². The molecule has 5 nitrogen and oxygen atoms in total. The van der Waals surface area contributed by atoms with E-state index in [0.29, 0.717) is 18.7 Å². The van der Waals surface area contributed by atoms with Gasteiger partial charge in [0.15, 0.2) is 17.7 Å². The van der Waals surface area contributed by atoms with E-state index in [-0.39, 0.29) is 24.3 Å². The van der Waals surface area contributed by atoms with Crippen LogP contribution in [0.15, 0.2) is 72.8 Å². The van der Waals surface area contributed by atoms with Crippen LogP contribution in [0.4, 0.5) is 23.7 Å². The number of halogens is 3. The van der Waals surface area contributed by atoms with Gasteiger partial charge in [-0.2, -0.15) is 0 Å². The molecule has 0 N–H and O–H groups in total. The number of rotatable bonds is 8. The second-order valence-corrected chi connectivity index (χ2v) is 9.93. The van der Waals surface area contributed by atoms with E-state index < -0.39 is 23.5 Å². The predicted molar refractivity (Wildman–Crippen MR) is 134 cm³/mol. The molecule has 0 radical (unpaired) electrons. The van der Waals surface area contributed by atoms with Gasteiger partial charge in [-0.3, -0.25) is 4.90 Å². The summed E-state index contributed by atoms with van der Waals surface area (Å²) in [7, 11) is 0. The van der Waals surface area contributed by atoms with Crippen LogP contribution in [-0.4, -0.2) is 49.5 Å². The standard InChI is InChI=1S/C29H30F3N2O3/c30-23-5-4-6-24(18-23)33(19-21-9-10-26(31)27(32)17-21)29(35)37-28-20-34(13-11-22(28)12-14-34)15-16-36-25-7-2-1-3-8-25/h1-10,17-18,22,28H,11-16,19-20H2/q+1/t22?,28-,34?/m0/s1. The maximum Gasteiger partial charge on any atom is 0.415 e. The van der Waals surface area contributed by atoms with Crippen molar-refractivity contribution in [3.05, 3.63) is 95.8 Å². The Balaban J connectivity index is 1.28. The van der Waals surface area contributed by atoms with Gasteiger partial charge in [0.1, 0.15) is 31.3 Å². The molecule has 3 fully saturated rings. The summed E-state index contributed by atoms with van der Waals surface area (Å²) in [6.45, 7) is 4.02. The second kappa shape index (κ2) is 10.8. The van der Waals surface area contributed by atoms with Gasteiger partial charge in [-0.15, -0.1) is 0 Å². The number of anilines is 1. The van der Waals surface area contributed by atoms with E-state index in [1.54, 1.807) is 6.07 Å². The van der Waals surface area contributed by atoms with Crippen molar-refractivity contribution in [2.45, 2.75) is 25.5 Å². The summed E-state index contributed by atoms with van der Waals surface area (Å²) < 4.78 is 54.1. The first-order chi connectivity index (χ1) is 17.9. The van der Waals surface area contributed by atoms with Gasteiger partial charge in [-0.1, -0.05) is 30.3 Å². The number of fused-ring (bicyclic) bond motifs is 3. The molecule has 3 heterocycles. The number of benzene rings is 3. The lowest BCUT2D eigenvalue weighted by Crippen LogP contribution is -2.65. The van der Waals surface area contributed by atoms with Gasteiger partial charge in [-0.25, -0.2) is 18.0 Å². The SMILES string of the molecule is O=C(O[C@H]1C[N+]2(CCOc3ccccc3)CCC1CC2)N(Cc1ccc(F)c(F)c1)c1cccc(F)c1. The topological polar surface area (TPSA) is 38.8 Å². The van der Waals surface area contributed by atoms with Crippen LogP contribution in [-0.2, 0) is 11.3 Å². The molecular formula is C29H30F3N2O3+. The molecule has 37 heavy (non-hydrogen) atoms. The molecule has 1 amide bonds. The van der Waals surface area contributed by atoms with Crippen LogP contribution >= 0.6 is 0 Å². The summed E-state index contributed by atoms with van der Waals surface area (Å²) in [6, 6.07) is 18.7. The fourth-order valence-electron chi connectivity index (χ4n) is 5.46. The zero-order valence-electron chi connectivity index (χ0n) is 20.5. The molecular weight excluding hydrogens is 481 g/mol. The molecule has 0 aliphatic carbocycles. The fourth-order valence-corrected chi connectivity index (χ4v) is 5.46. The quantitative estimate of drug-likeness (QED) is 0.352. The molecule has 3 aliphatic rings. The minimum atomic E-state index is -1.01. The molecule has 3 saturated heterocycles. The Morgan fingerprint density at radius 1 is 0.919 bits per heavy atom. The number of hydrogen-bond acceptors (Lipinski definition) is 3. The Kier molecular flexibility index (Phi) is 7.37. The summed E-state index contributed by atoms with van der Waals surface area (Å²) >= 11 is 0. The molecule has 0 unspecified atom stereocenters. The normalized spacial score (nSPS) is 22.5. The molecule has 6 rings (SSSR count). The number of hydrogen-bond donors (Lipinski definition) is 0. The second-order valence-electron chi connectivity index (χ2n) is 9.93. The lowest BCUT2D eigenvalue weighted by molar-refractivity contribution is -0.946. The Labute approximate surface area is 214 Å². The Morgan fingerprint density at radius 3 is 2.43 bits per heavy atom. The van der Waals surface area contributed by atoms with Crippen molar-refractivity contribution < 1.29 is 31.9 Å². The van der Waals surface area contributed by atoms with Crippen molar-refractivity contribution in [1.82, 2.24) is 0 Å². The highest BCUT2D eigenvalue weighted by Gasteiger charge is 2.48. The minimum Gasteiger partial charge on any atom is -0.488 e. The molecule has 3 aromatic carbocycles. The van der Waals surface area contributed by atoms with Crippen molar-refractivity contribution >= 4 is 11.8 Å². The highest BCUT2D eigenvalue weighted by Crippen LogP contribution is 2.36. The highest BCUT2D eigenvalue weighted by atomic mass is 19.2. The van der Waals surface area contributed by atoms with Crippen LogP contribution in [0.1, 0.15) is 18.4 Å². The molecule has 8 heteroatoms. The van der Waals surface area contributed by atoms with Crippen LogP contribution < -0.4 is 9.64 Å². The van der Waals surface area contributed by atoms with Crippen molar-refractivity contribution in [2.75, 3.05) is 37.7 Å². The zero-order chi connectivity index (χ0) is 25.8. The van der Waals surface area contributed by atoms with E-state index in [9.17, 15) is 18.0 Å². The minimum absolute atomic E-state index is 0.0816. The Bertz CT molecular complexity index is 1230. The number of quaternary nitrogens is 1. The molecule has 3 aromatic rings. The van der Waals surface area contributed by atoms with Crippen molar-refractivity contribution in [1.29, 1.82) is 0 Å². The highest BCUT2D eigenvalue weighted by molar-refractivity contribution is 5.87. The van der Waals surface area contributed by atoms with Gasteiger partial charge in [0, 0.05) is 18.8 Å². The van der Waals surface area contributed by atoms with Crippen LogP contribution in [0.3, 0.4) is 0 Å². The third-order valence-corrected chi connectivity index (χ3v) is 7.54. The molecule has 1 atom stereocenters. The fraction of sp³-hybridized carbons (Fsp3) is 0.345. The monoisotopic (exact) mass is 511 g/mol. The van der Waals surface area contributed by atoms with E-state index >= 15 is 0 Å². The summed E-state index contributed by atoms with van der Waals surface area (Å²) in [5, 5.41) is 0. The van der Waals surface area contributed by atoms with Crippen LogP contribution in [0.2, 0.25) is 0 Å². The number of carbonyl (C=O) groups excluding carboxylic acids is 1. The number of nitrogens with zero attached hydrogens (tertiary/aromatic N) is 2. The van der Waals surface area contributed by atoms with Gasteiger partial charge in [0.05, 0.1) is 25.3 Å². The number of para-hydroxylation sites is 1. The maximum absolute atomic E-state index is 14.0. The van der Waals surface area contributed by atoms with Gasteiger partial charge < -0.3 is 14.0 Å². The first-order valence-corrected chi connectivity index (χ1v) is 12.6. The third kappa shape index (κ3) is 5.91. The zero-order valence-corrected chi connectivity index (χ0v) is 20.5. The van der Waals surface area contributed by atoms with E-state index in [2.05, 4.69) is 0 Å². The molecule has 0 spiro atoms. The maximum atomic E-state index is 14.0. The van der Waals surface area contributed by atoms with Crippen molar-refractivity contribution in [2.24, 2.45) is 5.92 Å². The van der Waals surface area contributed by atoms with Crippen LogP contribution in [0.25, 0.3) is 0 Å². The van der Waals surface area contributed by atoms with Crippen LogP contribution in [0, 0.1) is 23.4 Å². The number of piperidine rings is 3. The van der Waals surface area contributed by atoms with Crippen molar-refractivity contribution in [3.8, 4) is 5.75 Å². The average Bonchev–Trinajstić information content (AvgIpc) is 2.90. The molecule has 0 saturated carbocycles. The summed E-state index contributed by atoms with van der Waals surface area (Å²) in [5.41, 5.74) is 0.659. The summed E-state index contributed by atoms with van der Waals surface area (Å²) in [5.74, 6) is -1.39. The lowest BCUT2D eigenvalue weighted by atomic mass is 9.83. The van der Waals surface area contributed by atoms with Gasteiger partial charge in [0.25, 0.3) is 0 Å². The molecule has 3 aliphatic heterocycles. The Hall–Kier alpha value is -3.52. The van der Waals surface area contributed by atoms with E-state index in [1.807, 2.05) is 30.3 Å². The largest absolute Gasteiger partial charge is 0.488 e. The van der Waals surface area contributed by atoms with E-state index in [1.165, 1.54) is 29.2 Å². The molecule has 2 bridgehead atoms. The van der Waals surface area contributed by atoms with E-state index in [4.69, 9.17) is 9.47 Å². The Morgan fingerprint density at radius 2 is 1.70 bits per heavy atom. The van der Waals surface area contributed by atoms with Gasteiger partial charge in [0.2, 0.25) is 0 Å². The average molecular weight is 512 g/mol. The first-order valence-electron chi connectivity index (χ1n) is 12.6. The van der Waals surface area contributed by atoms with Gasteiger partial charge >= 0.3 is 6.09 Å². The summed E-state index contributed by atoms with van der Waals surface area (Å²) in [4.78, 5) is 14.7. The number of amides is 1. The third-order valence-electron chi connectivity index (χ3n) is 7.54. The molecule has 194 valence electrons. The first kappa shape index (κ1) is 25.1. The predicted octanol–water partition coefficient (Wildman–Crippen LogP) is 5.94. The van der Waals surface area contributed by atoms with Gasteiger partial charge in [-0.05, 0) is 48.0 Å². The number of ether oxygens (including phenoxy) is 2. The van der Waals surface area contributed by atoms with Crippen LogP contribution in [0.5, 0.6) is 5.75 Å². The lowest BCUT2D eigenvalue weighted by Gasteiger charge is -2.52.